The minimum atomic E-state index is -0.932. The van der Waals surface area contributed by atoms with Gasteiger partial charge in [0.15, 0.2) is 0 Å². The van der Waals surface area contributed by atoms with Crippen molar-refractivity contribution in [2.24, 2.45) is 11.3 Å². The molecule has 1 heterocycles. The Balaban J connectivity index is 1.61. The maximum Gasteiger partial charge on any atom is 0.411 e. The minimum Gasteiger partial charge on any atom is -0.480 e. The molecule has 0 unspecified atom stereocenters. The number of aliphatic carboxylic acids is 1. The Bertz CT molecular complexity index is 556. The van der Waals surface area contributed by atoms with Crippen LogP contribution in [0.3, 0.4) is 0 Å². The molecule has 0 aromatic carbocycles. The van der Waals surface area contributed by atoms with E-state index in [0.29, 0.717) is 18.4 Å². The highest BCUT2D eigenvalue weighted by Crippen LogP contribution is 2.56. The monoisotopic (exact) mass is 335 g/mol. The number of carbonyl (C=O) groups excluding carboxylic acids is 1. The SMILES string of the molecule is CC(C)(C)OC(=O)N1C[C@H](CC2=CCC3(CC2)CC3)C[C@H]1C(=O)O. The summed E-state index contributed by atoms with van der Waals surface area (Å²) in [5.41, 5.74) is 1.46. The first-order chi connectivity index (χ1) is 11.2. The molecule has 0 aromatic heterocycles. The fourth-order valence-electron chi connectivity index (χ4n) is 4.01. The molecule has 0 radical (unpaired) electrons. The third-order valence-corrected chi connectivity index (χ3v) is 5.61. The van der Waals surface area contributed by atoms with Gasteiger partial charge in [0.25, 0.3) is 0 Å². The number of likely N-dealkylation sites (tertiary alicyclic amines) is 1. The van der Waals surface area contributed by atoms with Crippen molar-refractivity contribution in [1.82, 2.24) is 4.90 Å². The van der Waals surface area contributed by atoms with Gasteiger partial charge in [-0.25, -0.2) is 9.59 Å². The molecular weight excluding hydrogens is 306 g/mol. The highest BCUT2D eigenvalue weighted by atomic mass is 16.6. The molecule has 0 bridgehead atoms. The van der Waals surface area contributed by atoms with E-state index in [2.05, 4.69) is 6.08 Å². The minimum absolute atomic E-state index is 0.220. The van der Waals surface area contributed by atoms with Crippen LogP contribution in [-0.4, -0.2) is 40.3 Å². The molecule has 1 aliphatic heterocycles. The summed E-state index contributed by atoms with van der Waals surface area (Å²) in [6.07, 6.45) is 9.66. The summed E-state index contributed by atoms with van der Waals surface area (Å²) in [7, 11) is 0. The second-order valence-corrected chi connectivity index (χ2v) is 8.86. The largest absolute Gasteiger partial charge is 0.480 e. The van der Waals surface area contributed by atoms with Crippen molar-refractivity contribution in [1.29, 1.82) is 0 Å². The number of nitrogens with zero attached hydrogens (tertiary/aromatic N) is 1. The van der Waals surface area contributed by atoms with E-state index >= 15 is 0 Å². The molecule has 2 atom stereocenters. The van der Waals surface area contributed by atoms with Crippen LogP contribution in [0.4, 0.5) is 4.79 Å². The van der Waals surface area contributed by atoms with Crippen LogP contribution in [-0.2, 0) is 9.53 Å². The van der Waals surface area contributed by atoms with E-state index in [4.69, 9.17) is 4.74 Å². The first-order valence-electron chi connectivity index (χ1n) is 9.08. The van der Waals surface area contributed by atoms with E-state index in [-0.39, 0.29) is 5.92 Å². The molecule has 1 N–H and O–H groups in total. The quantitative estimate of drug-likeness (QED) is 0.792. The van der Waals surface area contributed by atoms with Crippen molar-refractivity contribution < 1.29 is 19.4 Å². The van der Waals surface area contributed by atoms with E-state index < -0.39 is 23.7 Å². The van der Waals surface area contributed by atoms with Crippen LogP contribution in [0, 0.1) is 11.3 Å². The van der Waals surface area contributed by atoms with E-state index in [1.165, 1.54) is 36.2 Å². The molecule has 1 saturated carbocycles. The molecule has 2 aliphatic carbocycles. The summed E-state index contributed by atoms with van der Waals surface area (Å²) in [5, 5.41) is 9.47. The molecule has 134 valence electrons. The standard InChI is InChI=1S/C19H29NO4/c1-18(2,3)24-17(23)20-12-14(11-15(20)16(21)22)10-13-4-6-19(7-5-13)8-9-19/h4,14-15H,5-12H2,1-3H3,(H,21,22)/t14-,15+/m1/s1. The van der Waals surface area contributed by atoms with E-state index in [9.17, 15) is 14.7 Å². The first kappa shape index (κ1) is 17.3. The smallest absolute Gasteiger partial charge is 0.411 e. The fourth-order valence-corrected chi connectivity index (χ4v) is 4.01. The van der Waals surface area contributed by atoms with Crippen LogP contribution >= 0.6 is 0 Å². The summed E-state index contributed by atoms with van der Waals surface area (Å²) < 4.78 is 5.38. The third kappa shape index (κ3) is 3.93. The number of hydrogen-bond donors (Lipinski definition) is 1. The Kier molecular flexibility index (Phi) is 4.39. The lowest BCUT2D eigenvalue weighted by molar-refractivity contribution is -0.142. The zero-order valence-corrected chi connectivity index (χ0v) is 15.0. The van der Waals surface area contributed by atoms with Gasteiger partial charge in [-0.1, -0.05) is 11.6 Å². The maximum absolute atomic E-state index is 12.3. The van der Waals surface area contributed by atoms with Crippen LogP contribution in [0.1, 0.15) is 65.7 Å². The zero-order chi connectivity index (χ0) is 17.5. The van der Waals surface area contributed by atoms with Crippen molar-refractivity contribution in [2.75, 3.05) is 6.54 Å². The number of allylic oxidation sites excluding steroid dienone is 2. The average Bonchev–Trinajstić information content (AvgIpc) is 3.07. The molecule has 5 heteroatoms. The maximum atomic E-state index is 12.3. The molecular formula is C19H29NO4. The zero-order valence-electron chi connectivity index (χ0n) is 15.0. The first-order valence-corrected chi connectivity index (χ1v) is 9.08. The van der Waals surface area contributed by atoms with Gasteiger partial charge < -0.3 is 9.84 Å². The lowest BCUT2D eigenvalue weighted by atomic mass is 9.83. The number of carbonyl (C=O) groups is 2. The topological polar surface area (TPSA) is 66.8 Å². The Hall–Kier alpha value is -1.52. The van der Waals surface area contributed by atoms with Gasteiger partial charge in [0.1, 0.15) is 11.6 Å². The third-order valence-electron chi connectivity index (χ3n) is 5.61. The molecule has 1 amide bonds. The average molecular weight is 335 g/mol. The normalized spacial score (nSPS) is 28.6. The number of rotatable bonds is 3. The van der Waals surface area contributed by atoms with Crippen LogP contribution in [0.25, 0.3) is 0 Å². The summed E-state index contributed by atoms with van der Waals surface area (Å²) in [5.74, 6) is -0.712. The van der Waals surface area contributed by atoms with Crippen LogP contribution in [0.15, 0.2) is 11.6 Å². The van der Waals surface area contributed by atoms with Gasteiger partial charge in [-0.2, -0.15) is 0 Å². The van der Waals surface area contributed by atoms with E-state index in [1.54, 1.807) is 20.8 Å². The van der Waals surface area contributed by atoms with Gasteiger partial charge in [0, 0.05) is 6.54 Å². The van der Waals surface area contributed by atoms with Crippen molar-refractivity contribution in [3.63, 3.8) is 0 Å². The highest BCUT2D eigenvalue weighted by Gasteiger charge is 2.44. The van der Waals surface area contributed by atoms with Gasteiger partial charge in [-0.3, -0.25) is 4.90 Å². The molecule has 3 aliphatic rings. The van der Waals surface area contributed by atoms with Gasteiger partial charge in [-0.05, 0) is 77.0 Å². The second-order valence-electron chi connectivity index (χ2n) is 8.86. The Morgan fingerprint density at radius 1 is 1.33 bits per heavy atom. The van der Waals surface area contributed by atoms with Crippen molar-refractivity contribution in [3.8, 4) is 0 Å². The summed E-state index contributed by atoms with van der Waals surface area (Å²) in [4.78, 5) is 25.3. The molecule has 5 nitrogen and oxygen atoms in total. The van der Waals surface area contributed by atoms with Gasteiger partial charge in [0.05, 0.1) is 0 Å². The number of carboxylic acids is 1. The van der Waals surface area contributed by atoms with E-state index in [1.807, 2.05) is 0 Å². The molecule has 0 aromatic rings. The fraction of sp³-hybridized carbons (Fsp3) is 0.789. The number of hydrogen-bond acceptors (Lipinski definition) is 3. The molecule has 3 rings (SSSR count). The molecule has 2 fully saturated rings. The molecule has 1 saturated heterocycles. The number of carboxylic acid groups (broad SMARTS) is 1. The second kappa shape index (κ2) is 6.08. The molecule has 1 spiro atoms. The van der Waals surface area contributed by atoms with E-state index in [0.717, 1.165) is 12.8 Å². The van der Waals surface area contributed by atoms with Crippen molar-refractivity contribution >= 4 is 12.1 Å². The molecule has 24 heavy (non-hydrogen) atoms. The lowest BCUT2D eigenvalue weighted by Crippen LogP contribution is -2.43. The lowest BCUT2D eigenvalue weighted by Gasteiger charge is -2.27. The predicted octanol–water partition coefficient (Wildman–Crippen LogP) is 3.98. The Morgan fingerprint density at radius 2 is 2.04 bits per heavy atom. The highest BCUT2D eigenvalue weighted by molar-refractivity contribution is 5.81. The van der Waals surface area contributed by atoms with Crippen LogP contribution in [0.5, 0.6) is 0 Å². The number of ether oxygens (including phenoxy) is 1. The van der Waals surface area contributed by atoms with Gasteiger partial charge in [-0.15, -0.1) is 0 Å². The van der Waals surface area contributed by atoms with Gasteiger partial charge in [0.2, 0.25) is 0 Å². The Labute approximate surface area is 144 Å². The van der Waals surface area contributed by atoms with Crippen molar-refractivity contribution in [2.45, 2.75) is 77.4 Å². The number of amides is 1. The van der Waals surface area contributed by atoms with Crippen molar-refractivity contribution in [3.05, 3.63) is 11.6 Å². The summed E-state index contributed by atoms with van der Waals surface area (Å²) >= 11 is 0. The summed E-state index contributed by atoms with van der Waals surface area (Å²) in [6.45, 7) is 5.88. The van der Waals surface area contributed by atoms with Crippen LogP contribution < -0.4 is 0 Å². The van der Waals surface area contributed by atoms with Gasteiger partial charge >= 0.3 is 12.1 Å². The predicted molar refractivity (Wildman–Crippen MR) is 90.7 cm³/mol. The summed E-state index contributed by atoms with van der Waals surface area (Å²) in [6, 6.07) is -0.760. The van der Waals surface area contributed by atoms with Crippen LogP contribution in [0.2, 0.25) is 0 Å². The Morgan fingerprint density at radius 3 is 2.54 bits per heavy atom.